The molecular weight excluding hydrogens is 202 g/mol. The summed E-state index contributed by atoms with van der Waals surface area (Å²) in [4.78, 5) is 11.4. The van der Waals surface area contributed by atoms with Crippen LogP contribution in [0.1, 0.15) is 35.3 Å². The largest absolute Gasteiger partial charge is 0.465 e. The summed E-state index contributed by atoms with van der Waals surface area (Å²) < 4.78 is 4.71. The quantitative estimate of drug-likeness (QED) is 0.795. The first-order valence-electron chi connectivity index (χ1n) is 5.30. The number of hydrogen-bond donors (Lipinski definition) is 1. The van der Waals surface area contributed by atoms with Gasteiger partial charge in [-0.2, -0.15) is 0 Å². The predicted molar refractivity (Wildman–Crippen MR) is 64.6 cm³/mol. The van der Waals surface area contributed by atoms with Crippen LogP contribution in [0, 0.1) is 6.92 Å². The molecule has 0 bridgehead atoms. The van der Waals surface area contributed by atoms with Crippen LogP contribution in [0.25, 0.3) is 0 Å². The zero-order valence-electron chi connectivity index (χ0n) is 10.5. The Balaban J connectivity index is 3.14. The van der Waals surface area contributed by atoms with Gasteiger partial charge in [0.05, 0.1) is 12.7 Å². The van der Waals surface area contributed by atoms with E-state index in [1.165, 1.54) is 7.11 Å². The first-order valence-corrected chi connectivity index (χ1v) is 5.30. The fourth-order valence-electron chi connectivity index (χ4n) is 1.54. The van der Waals surface area contributed by atoms with Crippen LogP contribution in [-0.2, 0) is 10.3 Å². The maximum atomic E-state index is 11.4. The molecule has 0 radical (unpaired) electrons. The van der Waals surface area contributed by atoms with Crippen molar-refractivity contribution >= 4 is 5.97 Å². The molecule has 0 aliphatic rings. The lowest BCUT2D eigenvalue weighted by Crippen LogP contribution is -2.33. The van der Waals surface area contributed by atoms with Crippen LogP contribution in [0.5, 0.6) is 0 Å². The number of esters is 1. The normalized spacial score (nSPS) is 11.3. The average molecular weight is 221 g/mol. The van der Waals surface area contributed by atoms with Gasteiger partial charge >= 0.3 is 5.97 Å². The highest BCUT2D eigenvalue weighted by Gasteiger charge is 2.19. The van der Waals surface area contributed by atoms with Gasteiger partial charge in [0, 0.05) is 5.54 Å². The molecule has 0 spiro atoms. The molecule has 0 saturated heterocycles. The van der Waals surface area contributed by atoms with Gasteiger partial charge < -0.3 is 10.1 Å². The summed E-state index contributed by atoms with van der Waals surface area (Å²) >= 11 is 0. The van der Waals surface area contributed by atoms with E-state index in [9.17, 15) is 4.79 Å². The highest BCUT2D eigenvalue weighted by molar-refractivity contribution is 5.91. The molecule has 0 fully saturated rings. The van der Waals surface area contributed by atoms with Crippen LogP contribution < -0.4 is 5.32 Å². The van der Waals surface area contributed by atoms with Gasteiger partial charge in [0.15, 0.2) is 0 Å². The molecule has 88 valence electrons. The van der Waals surface area contributed by atoms with E-state index in [2.05, 4.69) is 19.2 Å². The smallest absolute Gasteiger partial charge is 0.338 e. The summed E-state index contributed by atoms with van der Waals surface area (Å²) in [5, 5.41) is 3.23. The van der Waals surface area contributed by atoms with Gasteiger partial charge in [-0.15, -0.1) is 0 Å². The lowest BCUT2D eigenvalue weighted by molar-refractivity contribution is 0.0600. The third-order valence-corrected chi connectivity index (χ3v) is 2.98. The van der Waals surface area contributed by atoms with Gasteiger partial charge in [0.25, 0.3) is 0 Å². The van der Waals surface area contributed by atoms with E-state index in [1.54, 1.807) is 0 Å². The number of benzene rings is 1. The van der Waals surface area contributed by atoms with Crippen LogP contribution in [0.3, 0.4) is 0 Å². The SMILES string of the molecule is CNC(C)(C)c1ccc(C(=O)OC)c(C)c1. The molecule has 16 heavy (non-hydrogen) atoms. The van der Waals surface area contributed by atoms with Crippen LogP contribution in [0.2, 0.25) is 0 Å². The molecule has 0 atom stereocenters. The monoisotopic (exact) mass is 221 g/mol. The van der Waals surface area contributed by atoms with Gasteiger partial charge in [-0.3, -0.25) is 0 Å². The van der Waals surface area contributed by atoms with Crippen molar-refractivity contribution in [2.45, 2.75) is 26.3 Å². The van der Waals surface area contributed by atoms with E-state index in [-0.39, 0.29) is 11.5 Å². The number of carbonyl (C=O) groups is 1. The average Bonchev–Trinajstić information content (AvgIpc) is 2.28. The van der Waals surface area contributed by atoms with E-state index >= 15 is 0 Å². The number of ether oxygens (including phenoxy) is 1. The fourth-order valence-corrected chi connectivity index (χ4v) is 1.54. The molecule has 1 rings (SSSR count). The molecule has 0 amide bonds. The minimum atomic E-state index is -0.286. The van der Waals surface area contributed by atoms with E-state index in [0.29, 0.717) is 5.56 Å². The molecular formula is C13H19NO2. The Morgan fingerprint density at radius 1 is 1.38 bits per heavy atom. The highest BCUT2D eigenvalue weighted by Crippen LogP contribution is 2.22. The molecule has 1 aromatic carbocycles. The third kappa shape index (κ3) is 2.42. The van der Waals surface area contributed by atoms with E-state index in [0.717, 1.165) is 11.1 Å². The van der Waals surface area contributed by atoms with Crippen molar-refractivity contribution in [3.63, 3.8) is 0 Å². The Bertz CT molecular complexity index is 397. The second-order valence-electron chi connectivity index (χ2n) is 4.40. The van der Waals surface area contributed by atoms with Crippen LogP contribution >= 0.6 is 0 Å². The Hall–Kier alpha value is -1.35. The van der Waals surface area contributed by atoms with Crippen molar-refractivity contribution < 1.29 is 9.53 Å². The highest BCUT2D eigenvalue weighted by atomic mass is 16.5. The topological polar surface area (TPSA) is 38.3 Å². The molecule has 0 heterocycles. The lowest BCUT2D eigenvalue weighted by Gasteiger charge is -2.25. The summed E-state index contributed by atoms with van der Waals surface area (Å²) in [6, 6.07) is 5.79. The summed E-state index contributed by atoms with van der Waals surface area (Å²) in [6.07, 6.45) is 0. The van der Waals surface area contributed by atoms with Gasteiger partial charge in [-0.05, 0) is 45.0 Å². The minimum absolute atomic E-state index is 0.0978. The minimum Gasteiger partial charge on any atom is -0.465 e. The number of nitrogens with one attached hydrogen (secondary N) is 1. The summed E-state index contributed by atoms with van der Waals surface area (Å²) in [6.45, 7) is 6.11. The molecule has 3 nitrogen and oxygen atoms in total. The Morgan fingerprint density at radius 3 is 2.44 bits per heavy atom. The second-order valence-corrected chi connectivity index (χ2v) is 4.40. The van der Waals surface area contributed by atoms with Crippen molar-refractivity contribution in [3.05, 3.63) is 34.9 Å². The number of methoxy groups -OCH3 is 1. The molecule has 1 aromatic rings. The molecule has 1 N–H and O–H groups in total. The predicted octanol–water partition coefficient (Wildman–Crippen LogP) is 2.24. The standard InChI is InChI=1S/C13H19NO2/c1-9-8-10(13(2,3)14-4)6-7-11(9)12(15)16-5/h6-8,14H,1-5H3. The zero-order chi connectivity index (χ0) is 12.3. The van der Waals surface area contributed by atoms with E-state index in [4.69, 9.17) is 4.74 Å². The first kappa shape index (κ1) is 12.7. The fraction of sp³-hybridized carbons (Fsp3) is 0.462. The number of carbonyl (C=O) groups excluding carboxylic acids is 1. The third-order valence-electron chi connectivity index (χ3n) is 2.98. The Morgan fingerprint density at radius 2 is 2.00 bits per heavy atom. The summed E-state index contributed by atoms with van der Waals surface area (Å²) in [5.41, 5.74) is 2.62. The van der Waals surface area contributed by atoms with Crippen molar-refractivity contribution in [1.29, 1.82) is 0 Å². The second kappa shape index (κ2) is 4.66. The maximum absolute atomic E-state index is 11.4. The van der Waals surface area contributed by atoms with Gasteiger partial charge in [0.2, 0.25) is 0 Å². The van der Waals surface area contributed by atoms with Gasteiger partial charge in [-0.25, -0.2) is 4.79 Å². The zero-order valence-corrected chi connectivity index (χ0v) is 10.5. The Kier molecular flexibility index (Phi) is 3.70. The van der Waals surface area contributed by atoms with E-state index < -0.39 is 0 Å². The molecule has 3 heteroatoms. The van der Waals surface area contributed by atoms with Crippen molar-refractivity contribution in [3.8, 4) is 0 Å². The van der Waals surface area contributed by atoms with Crippen molar-refractivity contribution in [2.24, 2.45) is 0 Å². The summed E-state index contributed by atoms with van der Waals surface area (Å²) in [5.74, 6) is -0.286. The molecule has 0 saturated carbocycles. The lowest BCUT2D eigenvalue weighted by atomic mass is 9.91. The first-order chi connectivity index (χ1) is 7.42. The summed E-state index contributed by atoms with van der Waals surface area (Å²) in [7, 11) is 3.32. The van der Waals surface area contributed by atoms with Crippen LogP contribution in [0.15, 0.2) is 18.2 Å². The molecule has 0 aliphatic carbocycles. The number of rotatable bonds is 3. The van der Waals surface area contributed by atoms with Crippen LogP contribution in [0.4, 0.5) is 0 Å². The van der Waals surface area contributed by atoms with Crippen molar-refractivity contribution in [2.75, 3.05) is 14.2 Å². The van der Waals surface area contributed by atoms with E-state index in [1.807, 2.05) is 32.2 Å². The number of aryl methyl sites for hydroxylation is 1. The molecule has 0 aromatic heterocycles. The molecule has 0 aliphatic heterocycles. The van der Waals surface area contributed by atoms with Crippen LogP contribution in [-0.4, -0.2) is 20.1 Å². The number of hydrogen-bond acceptors (Lipinski definition) is 3. The maximum Gasteiger partial charge on any atom is 0.338 e. The Labute approximate surface area is 96.8 Å². The molecule has 0 unspecified atom stereocenters. The van der Waals surface area contributed by atoms with Gasteiger partial charge in [0.1, 0.15) is 0 Å². The van der Waals surface area contributed by atoms with Crippen molar-refractivity contribution in [1.82, 2.24) is 5.32 Å². The van der Waals surface area contributed by atoms with Gasteiger partial charge in [-0.1, -0.05) is 12.1 Å².